The van der Waals surface area contributed by atoms with Crippen LogP contribution in [0.3, 0.4) is 0 Å². The van der Waals surface area contributed by atoms with E-state index >= 15 is 0 Å². The quantitative estimate of drug-likeness (QED) is 0.786. The molecule has 0 spiro atoms. The molecule has 0 aromatic heterocycles. The molecule has 88 valence electrons. The van der Waals surface area contributed by atoms with Gasteiger partial charge in [0.1, 0.15) is 5.75 Å². The predicted octanol–water partition coefficient (Wildman–Crippen LogP) is 3.29. The molecule has 0 saturated carbocycles. The monoisotopic (exact) mass is 219 g/mol. The van der Waals surface area contributed by atoms with Gasteiger partial charge in [-0.05, 0) is 36.8 Å². The Hall–Kier alpha value is -1.02. The molecule has 2 rings (SSSR count). The molecule has 2 nitrogen and oxygen atoms in total. The minimum absolute atomic E-state index is 0.135. The summed E-state index contributed by atoms with van der Waals surface area (Å²) in [5.74, 6) is 1.54. The highest BCUT2D eigenvalue weighted by Gasteiger charge is 2.22. The summed E-state index contributed by atoms with van der Waals surface area (Å²) in [7, 11) is 0. The van der Waals surface area contributed by atoms with Crippen LogP contribution in [-0.4, -0.2) is 6.61 Å². The minimum Gasteiger partial charge on any atom is -0.493 e. The molecule has 0 aliphatic carbocycles. The zero-order valence-corrected chi connectivity index (χ0v) is 10.4. The highest BCUT2D eigenvalue weighted by atomic mass is 16.5. The van der Waals surface area contributed by atoms with Crippen molar-refractivity contribution in [2.75, 3.05) is 6.61 Å². The Morgan fingerprint density at radius 2 is 2.12 bits per heavy atom. The van der Waals surface area contributed by atoms with E-state index in [1.165, 1.54) is 16.7 Å². The normalized spacial score (nSPS) is 20.2. The first-order valence-electron chi connectivity index (χ1n) is 6.13. The summed E-state index contributed by atoms with van der Waals surface area (Å²) >= 11 is 0. The number of rotatable bonds is 1. The van der Waals surface area contributed by atoms with Crippen LogP contribution in [0.2, 0.25) is 0 Å². The van der Waals surface area contributed by atoms with Gasteiger partial charge in [0.15, 0.2) is 0 Å². The van der Waals surface area contributed by atoms with Gasteiger partial charge in [-0.15, -0.1) is 0 Å². The fourth-order valence-corrected chi connectivity index (χ4v) is 2.41. The number of aryl methyl sites for hydroxylation is 1. The van der Waals surface area contributed by atoms with Crippen LogP contribution in [0.25, 0.3) is 0 Å². The Morgan fingerprint density at radius 3 is 2.81 bits per heavy atom. The lowest BCUT2D eigenvalue weighted by Crippen LogP contribution is -2.11. The molecule has 0 radical (unpaired) electrons. The standard InChI is InChI=1S/C14H21NO/c1-9(2)11-7-6-10(3)13-12(15)5-4-8-16-14(11)13/h6-7,9,12H,4-5,8,15H2,1-3H3/t12-/m0/s1. The first-order valence-corrected chi connectivity index (χ1v) is 6.13. The van der Waals surface area contributed by atoms with Gasteiger partial charge in [-0.1, -0.05) is 26.0 Å². The van der Waals surface area contributed by atoms with Crippen LogP contribution in [-0.2, 0) is 0 Å². The fourth-order valence-electron chi connectivity index (χ4n) is 2.41. The predicted molar refractivity (Wildman–Crippen MR) is 66.9 cm³/mol. The van der Waals surface area contributed by atoms with Crippen molar-refractivity contribution in [2.45, 2.75) is 45.6 Å². The van der Waals surface area contributed by atoms with E-state index in [2.05, 4.69) is 32.9 Å². The van der Waals surface area contributed by atoms with Crippen LogP contribution < -0.4 is 10.5 Å². The van der Waals surface area contributed by atoms with Crippen molar-refractivity contribution in [1.29, 1.82) is 0 Å². The summed E-state index contributed by atoms with van der Waals surface area (Å²) in [4.78, 5) is 0. The molecule has 16 heavy (non-hydrogen) atoms. The van der Waals surface area contributed by atoms with E-state index in [-0.39, 0.29) is 6.04 Å². The number of fused-ring (bicyclic) bond motifs is 1. The van der Waals surface area contributed by atoms with Gasteiger partial charge in [-0.2, -0.15) is 0 Å². The third kappa shape index (κ3) is 1.94. The van der Waals surface area contributed by atoms with Gasteiger partial charge < -0.3 is 10.5 Å². The molecule has 0 saturated heterocycles. The molecule has 1 aromatic carbocycles. The summed E-state index contributed by atoms with van der Waals surface area (Å²) in [6.45, 7) is 7.32. The van der Waals surface area contributed by atoms with Crippen LogP contribution in [0, 0.1) is 6.92 Å². The Balaban J connectivity index is 2.58. The molecule has 0 bridgehead atoms. The number of hydrogen-bond acceptors (Lipinski definition) is 2. The van der Waals surface area contributed by atoms with E-state index in [1.54, 1.807) is 0 Å². The maximum absolute atomic E-state index is 6.24. The molecule has 1 aliphatic heterocycles. The molecule has 0 unspecified atom stereocenters. The minimum atomic E-state index is 0.135. The van der Waals surface area contributed by atoms with Gasteiger partial charge in [0.05, 0.1) is 6.61 Å². The maximum Gasteiger partial charge on any atom is 0.127 e. The molecule has 0 amide bonds. The van der Waals surface area contributed by atoms with Gasteiger partial charge in [-0.25, -0.2) is 0 Å². The van der Waals surface area contributed by atoms with Crippen LogP contribution in [0.5, 0.6) is 5.75 Å². The van der Waals surface area contributed by atoms with E-state index in [4.69, 9.17) is 10.5 Å². The van der Waals surface area contributed by atoms with Gasteiger partial charge in [0.2, 0.25) is 0 Å². The second kappa shape index (κ2) is 4.46. The van der Waals surface area contributed by atoms with Crippen LogP contribution in [0.4, 0.5) is 0 Å². The first-order chi connectivity index (χ1) is 7.61. The second-order valence-corrected chi connectivity index (χ2v) is 4.97. The molecule has 1 heterocycles. The Kier molecular flexibility index (Phi) is 3.20. The Morgan fingerprint density at radius 1 is 1.38 bits per heavy atom. The van der Waals surface area contributed by atoms with Crippen molar-refractivity contribution < 1.29 is 4.74 Å². The van der Waals surface area contributed by atoms with Crippen LogP contribution in [0.1, 0.15) is 55.3 Å². The SMILES string of the molecule is Cc1ccc(C(C)C)c2c1[C@@H](N)CCCO2. The molecular weight excluding hydrogens is 198 g/mol. The summed E-state index contributed by atoms with van der Waals surface area (Å²) < 4.78 is 5.91. The Labute approximate surface area is 97.8 Å². The molecule has 1 aromatic rings. The molecule has 1 aliphatic rings. The zero-order chi connectivity index (χ0) is 11.7. The maximum atomic E-state index is 6.24. The van der Waals surface area contributed by atoms with Crippen LogP contribution >= 0.6 is 0 Å². The molecule has 1 atom stereocenters. The molecule has 2 N–H and O–H groups in total. The number of hydrogen-bond donors (Lipinski definition) is 1. The molecule has 2 heteroatoms. The van der Waals surface area contributed by atoms with E-state index in [1.807, 2.05) is 0 Å². The first kappa shape index (κ1) is 11.5. The molecule has 0 fully saturated rings. The summed E-state index contributed by atoms with van der Waals surface area (Å²) in [5.41, 5.74) is 10.0. The van der Waals surface area contributed by atoms with Crippen molar-refractivity contribution in [2.24, 2.45) is 5.73 Å². The van der Waals surface area contributed by atoms with E-state index in [0.29, 0.717) is 5.92 Å². The third-order valence-corrected chi connectivity index (χ3v) is 3.34. The van der Waals surface area contributed by atoms with E-state index in [9.17, 15) is 0 Å². The number of nitrogens with two attached hydrogens (primary N) is 1. The lowest BCUT2D eigenvalue weighted by atomic mass is 9.92. The summed E-state index contributed by atoms with van der Waals surface area (Å²) in [5, 5.41) is 0. The smallest absolute Gasteiger partial charge is 0.127 e. The second-order valence-electron chi connectivity index (χ2n) is 4.97. The van der Waals surface area contributed by atoms with Gasteiger partial charge in [0.25, 0.3) is 0 Å². The van der Waals surface area contributed by atoms with Crippen molar-refractivity contribution in [3.05, 3.63) is 28.8 Å². The average Bonchev–Trinajstić information content (AvgIpc) is 2.41. The number of benzene rings is 1. The largest absolute Gasteiger partial charge is 0.493 e. The van der Waals surface area contributed by atoms with Crippen molar-refractivity contribution in [1.82, 2.24) is 0 Å². The fraction of sp³-hybridized carbons (Fsp3) is 0.571. The van der Waals surface area contributed by atoms with Crippen molar-refractivity contribution in [3.63, 3.8) is 0 Å². The molecular formula is C14H21NO. The third-order valence-electron chi connectivity index (χ3n) is 3.34. The average molecular weight is 219 g/mol. The summed E-state index contributed by atoms with van der Waals surface area (Å²) in [6.07, 6.45) is 2.07. The van der Waals surface area contributed by atoms with Gasteiger partial charge in [0, 0.05) is 11.6 Å². The van der Waals surface area contributed by atoms with Gasteiger partial charge in [-0.3, -0.25) is 0 Å². The van der Waals surface area contributed by atoms with Crippen molar-refractivity contribution in [3.8, 4) is 5.75 Å². The lowest BCUT2D eigenvalue weighted by molar-refractivity contribution is 0.312. The topological polar surface area (TPSA) is 35.2 Å². The van der Waals surface area contributed by atoms with Crippen molar-refractivity contribution >= 4 is 0 Å². The zero-order valence-electron chi connectivity index (χ0n) is 10.4. The van der Waals surface area contributed by atoms with E-state index in [0.717, 1.165) is 25.2 Å². The number of ether oxygens (including phenoxy) is 1. The highest BCUT2D eigenvalue weighted by Crippen LogP contribution is 2.38. The van der Waals surface area contributed by atoms with E-state index < -0.39 is 0 Å². The lowest BCUT2D eigenvalue weighted by Gasteiger charge is -2.20. The Bertz CT molecular complexity index is 385. The summed E-state index contributed by atoms with van der Waals surface area (Å²) in [6, 6.07) is 4.48. The van der Waals surface area contributed by atoms with Crippen LogP contribution in [0.15, 0.2) is 12.1 Å². The van der Waals surface area contributed by atoms with Gasteiger partial charge >= 0.3 is 0 Å². The highest BCUT2D eigenvalue weighted by molar-refractivity contribution is 5.49.